The van der Waals surface area contributed by atoms with E-state index in [9.17, 15) is 4.79 Å². The molecule has 2 aromatic rings. The summed E-state index contributed by atoms with van der Waals surface area (Å²) in [4.78, 5) is 12.4. The van der Waals surface area contributed by atoms with E-state index in [0.717, 1.165) is 10.0 Å². The van der Waals surface area contributed by atoms with Gasteiger partial charge in [0.2, 0.25) is 6.79 Å². The Labute approximate surface area is 161 Å². The molecule has 3 rings (SSSR count). The van der Waals surface area contributed by atoms with Crippen LogP contribution in [0.15, 0.2) is 40.9 Å². The van der Waals surface area contributed by atoms with E-state index in [1.807, 2.05) is 19.1 Å². The molecule has 24 heavy (non-hydrogen) atoms. The molecule has 0 N–H and O–H groups in total. The van der Waals surface area contributed by atoms with Crippen LogP contribution in [0.4, 0.5) is 0 Å². The number of halogens is 3. The van der Waals surface area contributed by atoms with Crippen LogP contribution in [-0.4, -0.2) is 17.6 Å². The summed E-state index contributed by atoms with van der Waals surface area (Å²) in [5, 5.41) is 0.355. The highest BCUT2D eigenvalue weighted by Gasteiger charge is 2.28. The van der Waals surface area contributed by atoms with Crippen LogP contribution in [0.25, 0.3) is 0 Å². The van der Waals surface area contributed by atoms with Crippen molar-refractivity contribution in [3.05, 3.63) is 57.0 Å². The molecular weight excluding hydrogens is 463 g/mol. The maximum Gasteiger partial charge on any atom is 0.340 e. The third kappa shape index (κ3) is 3.55. The van der Waals surface area contributed by atoms with E-state index in [0.29, 0.717) is 22.1 Å². The Hall–Kier alpha value is -1.24. The van der Waals surface area contributed by atoms with Crippen LogP contribution in [0.3, 0.4) is 0 Å². The Morgan fingerprint density at radius 2 is 1.92 bits per heavy atom. The summed E-state index contributed by atoms with van der Waals surface area (Å²) in [6.45, 7) is 2.08. The maximum absolute atomic E-state index is 12.5. The predicted molar refractivity (Wildman–Crippen MR) is 98.3 cm³/mol. The van der Waals surface area contributed by atoms with E-state index < -0.39 is 12.1 Å². The number of alkyl halides is 1. The summed E-state index contributed by atoms with van der Waals surface area (Å²) in [5.41, 5.74) is 1.11. The zero-order valence-corrected chi connectivity index (χ0v) is 16.5. The lowest BCUT2D eigenvalue weighted by molar-refractivity contribution is 0.0302. The number of rotatable bonds is 4. The fourth-order valence-corrected chi connectivity index (χ4v) is 3.51. The monoisotopic (exact) mass is 474 g/mol. The molecule has 0 saturated carbocycles. The topological polar surface area (TPSA) is 44.8 Å². The number of esters is 1. The Balaban J connectivity index is 1.91. The molecule has 2 aromatic carbocycles. The van der Waals surface area contributed by atoms with Gasteiger partial charge in [-0.1, -0.05) is 55.6 Å². The van der Waals surface area contributed by atoms with Crippen molar-refractivity contribution in [3.63, 3.8) is 0 Å². The Bertz CT molecular complexity index is 779. The smallest absolute Gasteiger partial charge is 0.340 e. The molecule has 0 aromatic heterocycles. The molecule has 0 radical (unpaired) electrons. The Morgan fingerprint density at radius 1 is 1.25 bits per heavy atom. The summed E-state index contributed by atoms with van der Waals surface area (Å²) in [6.07, 6.45) is -0.530. The number of hydrogen-bond acceptors (Lipinski definition) is 4. The van der Waals surface area contributed by atoms with Crippen molar-refractivity contribution in [2.75, 3.05) is 6.79 Å². The first-order valence-corrected chi connectivity index (χ1v) is 9.24. The SMILES string of the molecule is C[C@H](Br)[C@H](OC(=O)c1ccccc1Cl)c1cc2c(cc1Br)OCO2. The molecule has 1 aliphatic rings. The number of fused-ring (bicyclic) bond motifs is 1. The van der Waals surface area contributed by atoms with Gasteiger partial charge >= 0.3 is 5.97 Å². The molecule has 0 saturated heterocycles. The summed E-state index contributed by atoms with van der Waals surface area (Å²) < 4.78 is 17.2. The molecule has 1 heterocycles. The summed E-state index contributed by atoms with van der Waals surface area (Å²) in [5.74, 6) is 0.797. The van der Waals surface area contributed by atoms with Gasteiger partial charge in [0.05, 0.1) is 15.4 Å². The molecule has 4 nitrogen and oxygen atoms in total. The number of ether oxygens (including phenoxy) is 3. The van der Waals surface area contributed by atoms with Gasteiger partial charge in [-0.2, -0.15) is 0 Å². The average molecular weight is 477 g/mol. The summed E-state index contributed by atoms with van der Waals surface area (Å²) in [7, 11) is 0. The van der Waals surface area contributed by atoms with Crippen molar-refractivity contribution in [2.24, 2.45) is 0 Å². The van der Waals surface area contributed by atoms with Gasteiger partial charge in [-0.3, -0.25) is 0 Å². The van der Waals surface area contributed by atoms with Gasteiger partial charge in [-0.15, -0.1) is 0 Å². The minimum Gasteiger partial charge on any atom is -0.454 e. The fourth-order valence-electron chi connectivity index (χ4n) is 2.36. The summed E-state index contributed by atoms with van der Waals surface area (Å²) in [6, 6.07) is 10.4. The highest BCUT2D eigenvalue weighted by Crippen LogP contribution is 2.42. The van der Waals surface area contributed by atoms with Crippen LogP contribution in [0, 0.1) is 0 Å². The van der Waals surface area contributed by atoms with E-state index in [-0.39, 0.29) is 11.6 Å². The van der Waals surface area contributed by atoms with Gasteiger partial charge in [0, 0.05) is 10.0 Å². The van der Waals surface area contributed by atoms with E-state index >= 15 is 0 Å². The van der Waals surface area contributed by atoms with Crippen LogP contribution in [0.5, 0.6) is 11.5 Å². The lowest BCUT2D eigenvalue weighted by Crippen LogP contribution is -2.18. The second kappa shape index (κ2) is 7.33. The van der Waals surface area contributed by atoms with Gasteiger partial charge in [0.25, 0.3) is 0 Å². The van der Waals surface area contributed by atoms with E-state index in [4.69, 9.17) is 25.8 Å². The number of hydrogen-bond donors (Lipinski definition) is 0. The molecule has 0 fully saturated rings. The quantitative estimate of drug-likeness (QED) is 0.431. The third-order valence-corrected chi connectivity index (χ3v) is 5.04. The van der Waals surface area contributed by atoms with Crippen LogP contribution in [-0.2, 0) is 4.74 Å². The first-order chi connectivity index (χ1) is 11.5. The van der Waals surface area contributed by atoms with Crippen molar-refractivity contribution >= 4 is 49.4 Å². The lowest BCUT2D eigenvalue weighted by atomic mass is 10.1. The number of carbonyl (C=O) groups excluding carboxylic acids is 1. The lowest BCUT2D eigenvalue weighted by Gasteiger charge is -2.22. The molecule has 7 heteroatoms. The van der Waals surface area contributed by atoms with Crippen molar-refractivity contribution in [3.8, 4) is 11.5 Å². The first-order valence-electron chi connectivity index (χ1n) is 7.16. The van der Waals surface area contributed by atoms with Gasteiger partial charge in [-0.05, 0) is 31.2 Å². The molecule has 0 amide bonds. The molecule has 126 valence electrons. The third-order valence-electron chi connectivity index (χ3n) is 3.54. The highest BCUT2D eigenvalue weighted by molar-refractivity contribution is 9.10. The van der Waals surface area contributed by atoms with Crippen LogP contribution < -0.4 is 9.47 Å². The van der Waals surface area contributed by atoms with Crippen LogP contribution >= 0.6 is 43.5 Å². The van der Waals surface area contributed by atoms with Crippen LogP contribution in [0.1, 0.15) is 28.9 Å². The minimum atomic E-state index is -0.530. The number of carbonyl (C=O) groups is 1. The zero-order chi connectivity index (χ0) is 17.3. The molecular formula is C17H13Br2ClO4. The Kier molecular flexibility index (Phi) is 5.37. The predicted octanol–water partition coefficient (Wildman–Crippen LogP) is 5.51. The van der Waals surface area contributed by atoms with E-state index in [1.165, 1.54) is 0 Å². The van der Waals surface area contributed by atoms with Crippen molar-refractivity contribution < 1.29 is 19.0 Å². The largest absolute Gasteiger partial charge is 0.454 e. The van der Waals surface area contributed by atoms with Crippen molar-refractivity contribution in [1.29, 1.82) is 0 Å². The Morgan fingerprint density at radius 3 is 2.58 bits per heavy atom. The normalized spacial score (nSPS) is 15.0. The van der Waals surface area contributed by atoms with Crippen molar-refractivity contribution in [1.82, 2.24) is 0 Å². The second-order valence-electron chi connectivity index (χ2n) is 5.21. The van der Waals surface area contributed by atoms with E-state index in [2.05, 4.69) is 31.9 Å². The molecule has 0 bridgehead atoms. The van der Waals surface area contributed by atoms with Gasteiger partial charge in [-0.25, -0.2) is 4.79 Å². The highest BCUT2D eigenvalue weighted by atomic mass is 79.9. The minimum absolute atomic E-state index is 0.124. The molecule has 0 aliphatic carbocycles. The van der Waals surface area contributed by atoms with Crippen molar-refractivity contribution in [2.45, 2.75) is 17.9 Å². The second-order valence-corrected chi connectivity index (χ2v) is 7.92. The van der Waals surface area contributed by atoms with Gasteiger partial charge in [0.15, 0.2) is 11.5 Å². The van der Waals surface area contributed by atoms with E-state index in [1.54, 1.807) is 24.3 Å². The summed E-state index contributed by atoms with van der Waals surface area (Å²) >= 11 is 13.1. The van der Waals surface area contributed by atoms with Crippen LogP contribution in [0.2, 0.25) is 5.02 Å². The average Bonchev–Trinajstić information content (AvgIpc) is 2.99. The number of benzene rings is 2. The molecule has 0 spiro atoms. The standard InChI is InChI=1S/C17H13Br2ClO4/c1-9(18)16(24-17(21)10-4-2-3-5-13(10)20)11-6-14-15(7-12(11)19)23-8-22-14/h2-7,9,16H,8H2,1H3/t9-,16-/m0/s1. The molecule has 2 atom stereocenters. The zero-order valence-electron chi connectivity index (χ0n) is 12.6. The first kappa shape index (κ1) is 17.6. The van der Waals surface area contributed by atoms with Gasteiger partial charge < -0.3 is 14.2 Å². The maximum atomic E-state index is 12.5. The molecule has 1 aliphatic heterocycles. The fraction of sp³-hybridized carbons (Fsp3) is 0.235. The molecule has 0 unspecified atom stereocenters. The van der Waals surface area contributed by atoms with Gasteiger partial charge in [0.1, 0.15) is 6.10 Å².